The van der Waals surface area contributed by atoms with Crippen LogP contribution in [0.1, 0.15) is 12.5 Å². The second-order valence-corrected chi connectivity index (χ2v) is 4.56. The minimum atomic E-state index is -1.46. The molecule has 0 aliphatic rings. The molecule has 0 bridgehead atoms. The number of ether oxygens (including phenoxy) is 1. The van der Waals surface area contributed by atoms with Crippen molar-refractivity contribution in [3.05, 3.63) is 53.3 Å². The first-order valence-electron chi connectivity index (χ1n) is 6.59. The summed E-state index contributed by atoms with van der Waals surface area (Å²) in [6, 6.07) is 7.14. The molecule has 2 nitrogen and oxygen atoms in total. The normalized spacial score (nSPS) is 10.7. The molecule has 0 aromatic heterocycles. The quantitative estimate of drug-likeness (QED) is 0.845. The molecule has 0 radical (unpaired) electrons. The first kappa shape index (κ1) is 15.4. The van der Waals surface area contributed by atoms with Crippen LogP contribution in [0.15, 0.2) is 30.3 Å². The van der Waals surface area contributed by atoms with Gasteiger partial charge in [0, 0.05) is 12.1 Å². The van der Waals surface area contributed by atoms with Crippen LogP contribution in [0.4, 0.5) is 13.2 Å². The molecule has 2 aromatic carbocycles. The van der Waals surface area contributed by atoms with E-state index in [2.05, 4.69) is 5.32 Å². The maximum absolute atomic E-state index is 13.3. The fourth-order valence-electron chi connectivity index (χ4n) is 2.08. The van der Waals surface area contributed by atoms with Gasteiger partial charge in [-0.25, -0.2) is 13.2 Å². The van der Waals surface area contributed by atoms with Gasteiger partial charge in [0.1, 0.15) is 5.75 Å². The molecule has 1 N–H and O–H groups in total. The summed E-state index contributed by atoms with van der Waals surface area (Å²) in [7, 11) is 1.56. The lowest BCUT2D eigenvalue weighted by atomic mass is 10.0. The zero-order valence-corrected chi connectivity index (χ0v) is 11.8. The van der Waals surface area contributed by atoms with E-state index in [1.807, 2.05) is 6.92 Å². The Morgan fingerprint density at radius 3 is 2.24 bits per heavy atom. The van der Waals surface area contributed by atoms with E-state index in [4.69, 9.17) is 4.74 Å². The van der Waals surface area contributed by atoms with E-state index in [1.165, 1.54) is 0 Å². The van der Waals surface area contributed by atoms with Gasteiger partial charge in [-0.05, 0) is 41.9 Å². The topological polar surface area (TPSA) is 21.3 Å². The van der Waals surface area contributed by atoms with Gasteiger partial charge in [0.15, 0.2) is 17.5 Å². The lowest BCUT2D eigenvalue weighted by molar-refractivity contribution is 0.408. The smallest absolute Gasteiger partial charge is 0.194 e. The summed E-state index contributed by atoms with van der Waals surface area (Å²) in [4.78, 5) is 0. The van der Waals surface area contributed by atoms with Gasteiger partial charge in [-0.3, -0.25) is 0 Å². The van der Waals surface area contributed by atoms with Gasteiger partial charge in [0.05, 0.1) is 7.11 Å². The number of nitrogens with one attached hydrogen (secondary N) is 1. The summed E-state index contributed by atoms with van der Waals surface area (Å²) < 4.78 is 44.9. The van der Waals surface area contributed by atoms with Crippen LogP contribution in [-0.2, 0) is 6.54 Å². The van der Waals surface area contributed by atoms with E-state index >= 15 is 0 Å². The summed E-state index contributed by atoms with van der Waals surface area (Å²) in [5.41, 5.74) is 1.75. The number of hydrogen-bond donors (Lipinski definition) is 1. The van der Waals surface area contributed by atoms with E-state index in [9.17, 15) is 13.2 Å². The molecule has 0 aliphatic heterocycles. The number of hydrogen-bond acceptors (Lipinski definition) is 2. The van der Waals surface area contributed by atoms with Crippen LogP contribution in [0.5, 0.6) is 5.75 Å². The third-order valence-corrected chi connectivity index (χ3v) is 3.16. The van der Waals surface area contributed by atoms with Crippen LogP contribution in [0.3, 0.4) is 0 Å². The highest BCUT2D eigenvalue weighted by Crippen LogP contribution is 2.28. The molecule has 0 amide bonds. The lowest BCUT2D eigenvalue weighted by Gasteiger charge is -2.12. The molecule has 0 saturated heterocycles. The highest BCUT2D eigenvalue weighted by Gasteiger charge is 2.13. The van der Waals surface area contributed by atoms with Crippen molar-refractivity contribution >= 4 is 0 Å². The number of methoxy groups -OCH3 is 1. The van der Waals surface area contributed by atoms with E-state index in [-0.39, 0.29) is 5.56 Å². The van der Waals surface area contributed by atoms with Crippen molar-refractivity contribution in [3.63, 3.8) is 0 Å². The van der Waals surface area contributed by atoms with E-state index in [0.29, 0.717) is 17.9 Å². The first-order valence-corrected chi connectivity index (χ1v) is 6.59. The van der Waals surface area contributed by atoms with E-state index in [1.54, 1.807) is 25.3 Å². The third kappa shape index (κ3) is 3.36. The highest BCUT2D eigenvalue weighted by molar-refractivity contribution is 5.66. The summed E-state index contributed by atoms with van der Waals surface area (Å²) in [5, 5.41) is 3.16. The Bertz CT molecular complexity index is 620. The van der Waals surface area contributed by atoms with Gasteiger partial charge in [-0.15, -0.1) is 0 Å². The zero-order chi connectivity index (χ0) is 15.4. The molecule has 112 valence electrons. The minimum absolute atomic E-state index is 0.284. The fourth-order valence-corrected chi connectivity index (χ4v) is 2.08. The second kappa shape index (κ2) is 6.63. The number of rotatable bonds is 5. The van der Waals surface area contributed by atoms with Gasteiger partial charge in [-0.1, -0.05) is 13.0 Å². The summed E-state index contributed by atoms with van der Waals surface area (Å²) in [5.74, 6) is -3.18. The van der Waals surface area contributed by atoms with Crippen molar-refractivity contribution in [2.24, 2.45) is 0 Å². The predicted molar refractivity (Wildman–Crippen MR) is 75.7 cm³/mol. The Morgan fingerprint density at radius 1 is 1.00 bits per heavy atom. The van der Waals surface area contributed by atoms with Gasteiger partial charge < -0.3 is 10.1 Å². The molecule has 0 fully saturated rings. The molecule has 0 atom stereocenters. The predicted octanol–water partition coefficient (Wildman–Crippen LogP) is 3.89. The van der Waals surface area contributed by atoms with Crippen molar-refractivity contribution < 1.29 is 17.9 Å². The Kier molecular flexibility index (Phi) is 4.85. The van der Waals surface area contributed by atoms with Crippen LogP contribution >= 0.6 is 0 Å². The molecule has 0 spiro atoms. The van der Waals surface area contributed by atoms with Crippen LogP contribution < -0.4 is 10.1 Å². The fraction of sp³-hybridized carbons (Fsp3) is 0.250. The summed E-state index contributed by atoms with van der Waals surface area (Å²) in [6.45, 7) is 3.33. The van der Waals surface area contributed by atoms with Crippen molar-refractivity contribution in [2.45, 2.75) is 13.5 Å². The van der Waals surface area contributed by atoms with Gasteiger partial charge in [0.2, 0.25) is 0 Å². The molecule has 0 aliphatic carbocycles. The van der Waals surface area contributed by atoms with Crippen LogP contribution in [0, 0.1) is 17.5 Å². The average Bonchev–Trinajstić information content (AvgIpc) is 2.49. The maximum atomic E-state index is 13.3. The average molecular weight is 295 g/mol. The molecule has 0 heterocycles. The lowest BCUT2D eigenvalue weighted by Crippen LogP contribution is -2.12. The first-order chi connectivity index (χ1) is 10.1. The minimum Gasteiger partial charge on any atom is -0.496 e. The Morgan fingerprint density at radius 2 is 1.67 bits per heavy atom. The second-order valence-electron chi connectivity index (χ2n) is 4.56. The molecule has 2 aromatic rings. The van der Waals surface area contributed by atoms with Crippen molar-refractivity contribution in [2.75, 3.05) is 13.7 Å². The van der Waals surface area contributed by atoms with Crippen LogP contribution in [0.2, 0.25) is 0 Å². The highest BCUT2D eigenvalue weighted by atomic mass is 19.2. The van der Waals surface area contributed by atoms with Gasteiger partial charge in [0.25, 0.3) is 0 Å². The zero-order valence-electron chi connectivity index (χ0n) is 11.8. The summed E-state index contributed by atoms with van der Waals surface area (Å²) >= 11 is 0. The maximum Gasteiger partial charge on any atom is 0.194 e. The molecular formula is C16H16F3NO. The van der Waals surface area contributed by atoms with E-state index in [0.717, 1.165) is 24.2 Å². The van der Waals surface area contributed by atoms with Gasteiger partial charge >= 0.3 is 0 Å². The molecular weight excluding hydrogens is 279 g/mol. The Hall–Kier alpha value is -2.01. The van der Waals surface area contributed by atoms with Crippen molar-refractivity contribution in [1.29, 1.82) is 0 Å². The standard InChI is InChI=1S/C16H16F3NO/c1-3-20-9-12-6-10(4-5-15(12)21-2)11-7-13(17)16(19)14(18)8-11/h4-8,20H,3,9H2,1-2H3. The van der Waals surface area contributed by atoms with Crippen LogP contribution in [0.25, 0.3) is 11.1 Å². The molecule has 5 heteroatoms. The van der Waals surface area contributed by atoms with E-state index < -0.39 is 17.5 Å². The third-order valence-electron chi connectivity index (χ3n) is 3.16. The Labute approximate surface area is 121 Å². The van der Waals surface area contributed by atoms with Crippen molar-refractivity contribution in [1.82, 2.24) is 5.32 Å². The molecule has 0 saturated carbocycles. The Balaban J connectivity index is 2.44. The molecule has 21 heavy (non-hydrogen) atoms. The van der Waals surface area contributed by atoms with Crippen LogP contribution in [-0.4, -0.2) is 13.7 Å². The summed E-state index contributed by atoms with van der Waals surface area (Å²) in [6.07, 6.45) is 0. The van der Waals surface area contributed by atoms with Crippen molar-refractivity contribution in [3.8, 4) is 16.9 Å². The van der Waals surface area contributed by atoms with Gasteiger partial charge in [-0.2, -0.15) is 0 Å². The monoisotopic (exact) mass is 295 g/mol. The SMILES string of the molecule is CCNCc1cc(-c2cc(F)c(F)c(F)c2)ccc1OC. The number of benzene rings is 2. The number of halogens is 3. The molecule has 2 rings (SSSR count). The largest absolute Gasteiger partial charge is 0.496 e. The molecule has 0 unspecified atom stereocenters.